The van der Waals surface area contributed by atoms with Gasteiger partial charge in [0, 0.05) is 18.0 Å². The molecule has 1 rings (SSSR count). The maximum Gasteiger partial charge on any atom is 0.227 e. The Hall–Kier alpha value is -0.320. The van der Waals surface area contributed by atoms with Crippen molar-refractivity contribution >= 4 is 27.5 Å². The summed E-state index contributed by atoms with van der Waals surface area (Å²) in [6.45, 7) is 1.02. The smallest absolute Gasteiger partial charge is 0.227 e. The van der Waals surface area contributed by atoms with Gasteiger partial charge in [0.25, 0.3) is 0 Å². The van der Waals surface area contributed by atoms with Crippen LogP contribution < -0.4 is 10.5 Å². The summed E-state index contributed by atoms with van der Waals surface area (Å²) in [5, 5.41) is 0. The fourth-order valence-corrected chi connectivity index (χ4v) is 1.43. The van der Waals surface area contributed by atoms with Crippen LogP contribution in [0.5, 0.6) is 5.88 Å². The molecule has 0 saturated carbocycles. The zero-order valence-electron chi connectivity index (χ0n) is 7.62. The molecule has 1 atom stereocenters. The summed E-state index contributed by atoms with van der Waals surface area (Å²) in [6, 6.07) is 3.71. The Morgan fingerprint density at radius 3 is 3.00 bits per heavy atom. The van der Waals surface area contributed by atoms with E-state index >= 15 is 0 Å². The van der Waals surface area contributed by atoms with Gasteiger partial charge in [0.2, 0.25) is 5.88 Å². The first kappa shape index (κ1) is 11.8. The lowest BCUT2D eigenvalue weighted by molar-refractivity contribution is 0.255. The van der Waals surface area contributed by atoms with Gasteiger partial charge in [-0.15, -0.1) is 11.6 Å². The molecule has 0 bridgehead atoms. The van der Waals surface area contributed by atoms with Crippen molar-refractivity contribution in [2.75, 3.05) is 19.0 Å². The second-order valence-electron chi connectivity index (χ2n) is 2.86. The first-order valence-electron chi connectivity index (χ1n) is 4.27. The van der Waals surface area contributed by atoms with Crippen molar-refractivity contribution < 1.29 is 4.74 Å². The van der Waals surface area contributed by atoms with Crippen LogP contribution in [0.4, 0.5) is 0 Å². The van der Waals surface area contributed by atoms with Crippen LogP contribution in [0.25, 0.3) is 0 Å². The third-order valence-electron chi connectivity index (χ3n) is 1.73. The van der Waals surface area contributed by atoms with Gasteiger partial charge in [-0.2, -0.15) is 0 Å². The van der Waals surface area contributed by atoms with E-state index in [-0.39, 0.29) is 5.92 Å². The van der Waals surface area contributed by atoms with Gasteiger partial charge in [0.1, 0.15) is 0 Å². The predicted molar refractivity (Wildman–Crippen MR) is 60.7 cm³/mol. The van der Waals surface area contributed by atoms with E-state index in [4.69, 9.17) is 22.1 Å². The van der Waals surface area contributed by atoms with E-state index in [1.165, 1.54) is 0 Å². The summed E-state index contributed by atoms with van der Waals surface area (Å²) in [6.07, 6.45) is 1.68. The van der Waals surface area contributed by atoms with Gasteiger partial charge < -0.3 is 10.5 Å². The lowest BCUT2D eigenvalue weighted by Gasteiger charge is -2.12. The molecule has 1 unspecified atom stereocenters. The molecule has 0 spiro atoms. The number of aromatic nitrogens is 1. The molecule has 5 heteroatoms. The maximum absolute atomic E-state index is 5.68. The van der Waals surface area contributed by atoms with Gasteiger partial charge in [-0.25, -0.2) is 4.98 Å². The van der Waals surface area contributed by atoms with E-state index < -0.39 is 0 Å². The number of hydrogen-bond acceptors (Lipinski definition) is 3. The molecule has 78 valence electrons. The molecule has 1 aromatic heterocycles. The Kier molecular flexibility index (Phi) is 5.22. The highest BCUT2D eigenvalue weighted by molar-refractivity contribution is 9.10. The summed E-state index contributed by atoms with van der Waals surface area (Å²) in [4.78, 5) is 4.07. The molecule has 1 aromatic rings. The van der Waals surface area contributed by atoms with Crippen molar-refractivity contribution in [2.24, 2.45) is 11.7 Å². The Labute approximate surface area is 96.7 Å². The van der Waals surface area contributed by atoms with Crippen molar-refractivity contribution in [1.29, 1.82) is 0 Å². The lowest BCUT2D eigenvalue weighted by Crippen LogP contribution is -2.23. The summed E-state index contributed by atoms with van der Waals surface area (Å²) < 4.78 is 6.30. The van der Waals surface area contributed by atoms with Crippen molar-refractivity contribution in [2.45, 2.75) is 0 Å². The van der Waals surface area contributed by atoms with Crippen LogP contribution in [-0.4, -0.2) is 24.0 Å². The minimum atomic E-state index is 0.172. The summed E-state index contributed by atoms with van der Waals surface area (Å²) in [5.41, 5.74) is 5.49. The second-order valence-corrected chi connectivity index (χ2v) is 4.02. The largest absolute Gasteiger partial charge is 0.476 e. The molecule has 2 N–H and O–H groups in total. The van der Waals surface area contributed by atoms with E-state index in [9.17, 15) is 0 Å². The molecule has 0 aromatic carbocycles. The average molecular weight is 280 g/mol. The van der Waals surface area contributed by atoms with E-state index in [0.29, 0.717) is 24.9 Å². The number of nitrogens with two attached hydrogens (primary N) is 1. The van der Waals surface area contributed by atoms with Crippen LogP contribution in [0.15, 0.2) is 22.8 Å². The van der Waals surface area contributed by atoms with E-state index in [2.05, 4.69) is 20.9 Å². The molecule has 3 nitrogen and oxygen atoms in total. The number of pyridine rings is 1. The van der Waals surface area contributed by atoms with E-state index in [1.54, 1.807) is 6.20 Å². The normalized spacial score (nSPS) is 12.5. The van der Waals surface area contributed by atoms with Gasteiger partial charge >= 0.3 is 0 Å². The molecule has 14 heavy (non-hydrogen) atoms. The van der Waals surface area contributed by atoms with Crippen LogP contribution in [-0.2, 0) is 0 Å². The maximum atomic E-state index is 5.68. The highest BCUT2D eigenvalue weighted by atomic mass is 79.9. The third kappa shape index (κ3) is 3.44. The number of rotatable bonds is 5. The number of nitrogens with zero attached hydrogens (tertiary/aromatic N) is 1. The highest BCUT2D eigenvalue weighted by Crippen LogP contribution is 2.21. The van der Waals surface area contributed by atoms with Crippen LogP contribution in [0.1, 0.15) is 0 Å². The number of hydrogen-bond donors (Lipinski definition) is 1. The lowest BCUT2D eigenvalue weighted by atomic mass is 10.2. The number of alkyl halides is 1. The molecule has 0 amide bonds. The minimum Gasteiger partial charge on any atom is -0.476 e. The molecule has 0 aliphatic carbocycles. The van der Waals surface area contributed by atoms with Crippen LogP contribution in [0.3, 0.4) is 0 Å². The zero-order valence-corrected chi connectivity index (χ0v) is 9.96. The highest BCUT2D eigenvalue weighted by Gasteiger charge is 2.07. The zero-order chi connectivity index (χ0) is 10.4. The summed E-state index contributed by atoms with van der Waals surface area (Å²) in [7, 11) is 0. The monoisotopic (exact) mass is 278 g/mol. The van der Waals surface area contributed by atoms with Crippen LogP contribution >= 0.6 is 27.5 Å². The molecule has 0 fully saturated rings. The third-order valence-corrected chi connectivity index (χ3v) is 2.77. The SMILES string of the molecule is NCC(CCl)COc1ncccc1Br. The van der Waals surface area contributed by atoms with Crippen molar-refractivity contribution in [3.05, 3.63) is 22.8 Å². The number of ether oxygens (including phenoxy) is 1. The van der Waals surface area contributed by atoms with Gasteiger partial charge in [-0.05, 0) is 34.6 Å². The molecule has 1 heterocycles. The molecule has 0 aliphatic rings. The Morgan fingerprint density at radius 1 is 1.64 bits per heavy atom. The van der Waals surface area contributed by atoms with Crippen molar-refractivity contribution in [3.8, 4) is 5.88 Å². The Bertz CT molecular complexity index is 281. The van der Waals surface area contributed by atoms with Gasteiger partial charge in [-0.3, -0.25) is 0 Å². The van der Waals surface area contributed by atoms with E-state index in [0.717, 1.165) is 4.47 Å². The average Bonchev–Trinajstić information content (AvgIpc) is 2.22. The fourth-order valence-electron chi connectivity index (χ4n) is 0.850. The molecule has 0 saturated heterocycles. The molecule has 0 radical (unpaired) electrons. The second kappa shape index (κ2) is 6.22. The summed E-state index contributed by atoms with van der Waals surface area (Å²) in [5.74, 6) is 1.25. The van der Waals surface area contributed by atoms with Gasteiger partial charge in [0.15, 0.2) is 0 Å². The Morgan fingerprint density at radius 2 is 2.43 bits per heavy atom. The van der Waals surface area contributed by atoms with Crippen molar-refractivity contribution in [1.82, 2.24) is 4.98 Å². The van der Waals surface area contributed by atoms with Crippen molar-refractivity contribution in [3.63, 3.8) is 0 Å². The summed E-state index contributed by atoms with van der Waals surface area (Å²) >= 11 is 9.02. The molecular formula is C9H12BrClN2O. The van der Waals surface area contributed by atoms with E-state index in [1.807, 2.05) is 12.1 Å². The first-order valence-corrected chi connectivity index (χ1v) is 5.60. The van der Waals surface area contributed by atoms with Gasteiger partial charge in [-0.1, -0.05) is 0 Å². The van der Waals surface area contributed by atoms with Crippen LogP contribution in [0, 0.1) is 5.92 Å². The topological polar surface area (TPSA) is 48.1 Å². The fraction of sp³-hybridized carbons (Fsp3) is 0.444. The van der Waals surface area contributed by atoms with Gasteiger partial charge in [0.05, 0.1) is 11.1 Å². The molecular weight excluding hydrogens is 267 g/mol. The standard InChI is InChI=1S/C9H12BrClN2O/c10-8-2-1-3-13-9(8)14-6-7(4-11)5-12/h1-3,7H,4-6,12H2. The quantitative estimate of drug-likeness (QED) is 0.839. The minimum absolute atomic E-state index is 0.172. The number of halogens is 2. The Balaban J connectivity index is 2.49. The van der Waals surface area contributed by atoms with Crippen LogP contribution in [0.2, 0.25) is 0 Å². The molecule has 0 aliphatic heterocycles. The first-order chi connectivity index (χ1) is 6.77. The predicted octanol–water partition coefficient (Wildman–Crippen LogP) is 2.04.